The van der Waals surface area contributed by atoms with Gasteiger partial charge in [-0.05, 0) is 24.3 Å². The fraction of sp³-hybridized carbons (Fsp3) is 0.433. The monoisotopic (exact) mass is 657 g/mol. The lowest BCUT2D eigenvalue weighted by Gasteiger charge is -2.46. The second kappa shape index (κ2) is 13.5. The van der Waals surface area contributed by atoms with Crippen molar-refractivity contribution in [3.8, 4) is 22.5 Å². The maximum absolute atomic E-state index is 13.9. The molecule has 46 heavy (non-hydrogen) atoms. The summed E-state index contributed by atoms with van der Waals surface area (Å²) in [7, 11) is 1.44. The summed E-state index contributed by atoms with van der Waals surface area (Å²) in [6.45, 7) is 1.23. The summed E-state index contributed by atoms with van der Waals surface area (Å²) < 4.78 is 42.5. The molecule has 2 saturated heterocycles. The lowest BCUT2D eigenvalue weighted by Crippen LogP contribution is -2.58. The van der Waals surface area contributed by atoms with Crippen LogP contribution in [0.25, 0.3) is 22.5 Å². The Hall–Kier alpha value is -3.80. The second-order valence-electron chi connectivity index (χ2n) is 11.3. The molecule has 6 rings (SSSR count). The zero-order chi connectivity index (χ0) is 32.5. The quantitative estimate of drug-likeness (QED) is 0.253. The van der Waals surface area contributed by atoms with Crippen molar-refractivity contribution in [2.24, 2.45) is 0 Å². The van der Waals surface area contributed by atoms with Gasteiger partial charge in [-0.3, -0.25) is 4.79 Å². The van der Waals surface area contributed by atoms with E-state index in [0.29, 0.717) is 22.5 Å². The van der Waals surface area contributed by atoms with E-state index < -0.39 is 65.4 Å². The van der Waals surface area contributed by atoms with E-state index in [2.05, 4.69) is 20.6 Å². The van der Waals surface area contributed by atoms with E-state index in [1.807, 2.05) is 0 Å². The summed E-state index contributed by atoms with van der Waals surface area (Å²) >= 11 is 1.20. The van der Waals surface area contributed by atoms with E-state index in [0.717, 1.165) is 0 Å². The summed E-state index contributed by atoms with van der Waals surface area (Å²) in [6.07, 6.45) is -1.05. The summed E-state index contributed by atoms with van der Waals surface area (Å²) in [6, 6.07) is 10.2. The Morgan fingerprint density at radius 1 is 0.978 bits per heavy atom. The van der Waals surface area contributed by atoms with Gasteiger partial charge in [-0.1, -0.05) is 34.7 Å². The first kappa shape index (κ1) is 32.2. The van der Waals surface area contributed by atoms with Crippen molar-refractivity contribution in [1.82, 2.24) is 34.9 Å². The molecule has 1 amide bonds. The number of benzene rings is 2. The Balaban J connectivity index is 1.27. The predicted octanol–water partition coefficient (Wildman–Crippen LogP) is 1.68. The molecule has 0 saturated carbocycles. The van der Waals surface area contributed by atoms with Crippen molar-refractivity contribution in [1.29, 1.82) is 0 Å². The first-order valence-corrected chi connectivity index (χ1v) is 15.5. The Morgan fingerprint density at radius 2 is 1.59 bits per heavy atom. The number of carbonyl (C=O) groups is 1. The number of hydrogen-bond acceptors (Lipinski definition) is 11. The highest BCUT2D eigenvalue weighted by Gasteiger charge is 2.50. The average molecular weight is 658 g/mol. The molecule has 244 valence electrons. The van der Waals surface area contributed by atoms with E-state index in [4.69, 9.17) is 9.47 Å². The molecular weight excluding hydrogens is 624 g/mol. The molecule has 16 heteroatoms. The van der Waals surface area contributed by atoms with Crippen molar-refractivity contribution in [2.75, 3.05) is 26.8 Å². The number of hydrogen-bond donors (Lipinski definition) is 3. The fourth-order valence-electron chi connectivity index (χ4n) is 5.92. The smallest absolute Gasteiger partial charge is 0.219 e. The molecule has 0 aliphatic carbocycles. The fourth-order valence-corrected chi connectivity index (χ4v) is 7.51. The molecule has 2 aromatic carbocycles. The molecule has 8 unspecified atom stereocenters. The third kappa shape index (κ3) is 6.41. The summed E-state index contributed by atoms with van der Waals surface area (Å²) in [5, 5.41) is 49.1. The van der Waals surface area contributed by atoms with Crippen LogP contribution in [0.3, 0.4) is 0 Å². The summed E-state index contributed by atoms with van der Waals surface area (Å²) in [4.78, 5) is 14.2. The molecule has 2 fully saturated rings. The highest BCUT2D eigenvalue weighted by Crippen LogP contribution is 2.41. The first-order valence-electron chi connectivity index (χ1n) is 14.6. The van der Waals surface area contributed by atoms with E-state index in [1.54, 1.807) is 41.6 Å². The lowest BCUT2D eigenvalue weighted by atomic mass is 9.97. The topological polar surface area (TPSA) is 161 Å². The number of rotatable bonds is 8. The SMILES string of the molecule is COC1C(SC2CN(C(C)=O)CC(n3cc(-c4cccc(F)c4)nn3)C2O)OC(CO)C(O)C1n1cc(-c2cccc(F)c2)nn1. The van der Waals surface area contributed by atoms with Crippen LogP contribution in [0.5, 0.6) is 0 Å². The van der Waals surface area contributed by atoms with Gasteiger partial charge in [0.1, 0.15) is 52.8 Å². The van der Waals surface area contributed by atoms with Gasteiger partial charge in [0.05, 0.1) is 36.4 Å². The van der Waals surface area contributed by atoms with Crippen LogP contribution in [0, 0.1) is 11.6 Å². The minimum atomic E-state index is -1.26. The van der Waals surface area contributed by atoms with Gasteiger partial charge in [0, 0.05) is 38.2 Å². The number of piperidine rings is 1. The molecule has 0 spiro atoms. The lowest BCUT2D eigenvalue weighted by molar-refractivity contribution is -0.186. The van der Waals surface area contributed by atoms with Gasteiger partial charge in [0.2, 0.25) is 5.91 Å². The van der Waals surface area contributed by atoms with Gasteiger partial charge >= 0.3 is 0 Å². The molecule has 3 N–H and O–H groups in total. The number of amides is 1. The zero-order valence-corrected chi connectivity index (χ0v) is 25.7. The maximum atomic E-state index is 13.9. The standard InChI is InChI=1S/C30H33F2N7O6S/c1-16(41)37-13-23(38-11-21(33-35-38)17-5-3-7-19(31)9-17)27(42)25(14-37)46-30-29(44-2)26(28(43)24(15-40)45-30)39-12-22(34-36-39)18-6-4-8-20(32)10-18/h3-12,23-30,40,42-43H,13-15H2,1-2H3. The number of aromatic nitrogens is 6. The van der Waals surface area contributed by atoms with Crippen LogP contribution in [-0.2, 0) is 14.3 Å². The number of halogens is 2. The van der Waals surface area contributed by atoms with Gasteiger partial charge in [0.25, 0.3) is 0 Å². The van der Waals surface area contributed by atoms with Gasteiger partial charge in [-0.2, -0.15) is 0 Å². The molecule has 2 aliphatic rings. The molecule has 2 aliphatic heterocycles. The molecule has 4 heterocycles. The van der Waals surface area contributed by atoms with Crippen LogP contribution in [0.4, 0.5) is 8.78 Å². The largest absolute Gasteiger partial charge is 0.394 e. The van der Waals surface area contributed by atoms with Crippen LogP contribution < -0.4 is 0 Å². The molecule has 13 nitrogen and oxygen atoms in total. The normalized spacial score (nSPS) is 28.4. The molecule has 2 aromatic heterocycles. The Morgan fingerprint density at radius 3 is 2.15 bits per heavy atom. The molecule has 4 aromatic rings. The van der Waals surface area contributed by atoms with Crippen molar-refractivity contribution in [3.63, 3.8) is 0 Å². The van der Waals surface area contributed by atoms with Gasteiger partial charge in [-0.15, -0.1) is 22.0 Å². The van der Waals surface area contributed by atoms with Gasteiger partial charge in [-0.25, -0.2) is 18.1 Å². The van der Waals surface area contributed by atoms with Crippen LogP contribution in [0.2, 0.25) is 0 Å². The number of nitrogens with zero attached hydrogens (tertiary/aromatic N) is 7. The molecular formula is C30H33F2N7O6S. The van der Waals surface area contributed by atoms with Crippen LogP contribution >= 0.6 is 11.8 Å². The zero-order valence-electron chi connectivity index (χ0n) is 24.9. The Bertz CT molecular complexity index is 1680. The van der Waals surface area contributed by atoms with E-state index in [9.17, 15) is 28.9 Å². The van der Waals surface area contributed by atoms with Crippen molar-refractivity contribution in [3.05, 3.63) is 72.6 Å². The predicted molar refractivity (Wildman–Crippen MR) is 161 cm³/mol. The molecule has 0 radical (unpaired) electrons. The average Bonchev–Trinajstić information content (AvgIpc) is 3.73. The highest BCUT2D eigenvalue weighted by molar-refractivity contribution is 8.00. The Kier molecular flexibility index (Phi) is 9.44. The number of likely N-dealkylation sites (tertiary alicyclic amines) is 1. The number of thioether (sulfide) groups is 1. The number of carbonyl (C=O) groups excluding carboxylic acids is 1. The van der Waals surface area contributed by atoms with E-state index in [1.165, 1.54) is 59.4 Å². The van der Waals surface area contributed by atoms with Gasteiger partial charge in [0.15, 0.2) is 0 Å². The maximum Gasteiger partial charge on any atom is 0.219 e. The van der Waals surface area contributed by atoms with Crippen LogP contribution in [-0.4, -0.2) is 118 Å². The van der Waals surface area contributed by atoms with E-state index >= 15 is 0 Å². The molecule has 8 atom stereocenters. The molecule has 0 bridgehead atoms. The number of aliphatic hydroxyl groups excluding tert-OH is 3. The summed E-state index contributed by atoms with van der Waals surface area (Å²) in [5.41, 5.74) is 0.923. The Labute approximate surface area is 266 Å². The van der Waals surface area contributed by atoms with Crippen LogP contribution in [0.1, 0.15) is 19.0 Å². The second-order valence-corrected chi connectivity index (χ2v) is 12.6. The van der Waals surface area contributed by atoms with Crippen molar-refractivity contribution < 1.29 is 38.4 Å². The third-order valence-electron chi connectivity index (χ3n) is 8.34. The minimum Gasteiger partial charge on any atom is -0.394 e. The van der Waals surface area contributed by atoms with Gasteiger partial charge < -0.3 is 29.7 Å². The van der Waals surface area contributed by atoms with E-state index in [-0.39, 0.29) is 19.0 Å². The van der Waals surface area contributed by atoms with Crippen molar-refractivity contribution >= 4 is 17.7 Å². The minimum absolute atomic E-state index is 0.154. The third-order valence-corrected chi connectivity index (χ3v) is 9.77. The first-order chi connectivity index (χ1) is 22.2. The van der Waals surface area contributed by atoms with Crippen LogP contribution in [0.15, 0.2) is 60.9 Å². The summed E-state index contributed by atoms with van der Waals surface area (Å²) in [5.74, 6) is -1.08. The number of ether oxygens (including phenoxy) is 2. The number of aliphatic hydroxyl groups is 3. The highest BCUT2D eigenvalue weighted by atomic mass is 32.2. The van der Waals surface area contributed by atoms with Crippen molar-refractivity contribution in [2.45, 2.75) is 54.1 Å². The number of methoxy groups -OCH3 is 1.